The Kier molecular flexibility index (Phi) is 4.58. The van der Waals surface area contributed by atoms with Crippen LogP contribution in [0.25, 0.3) is 0 Å². The van der Waals surface area contributed by atoms with Crippen LogP contribution in [-0.4, -0.2) is 46.0 Å². The van der Waals surface area contributed by atoms with Crippen LogP contribution in [0.4, 0.5) is 0 Å². The van der Waals surface area contributed by atoms with Crippen LogP contribution in [-0.2, 0) is 7.05 Å². The van der Waals surface area contributed by atoms with Crippen molar-refractivity contribution in [3.05, 3.63) is 18.2 Å². The Morgan fingerprint density at radius 2 is 2.37 bits per heavy atom. The average molecular weight is 264 g/mol. The second kappa shape index (κ2) is 6.19. The van der Waals surface area contributed by atoms with E-state index in [4.69, 9.17) is 0 Å². The first-order valence-electron chi connectivity index (χ1n) is 7.07. The number of rotatable bonds is 4. The molecule has 0 radical (unpaired) electrons. The normalized spacial score (nSPS) is 20.0. The summed E-state index contributed by atoms with van der Waals surface area (Å²) in [5, 5.41) is 3.46. The Bertz CT molecular complexity index is 427. The second-order valence-corrected chi connectivity index (χ2v) is 5.75. The number of carbonyl (C=O) groups is 1. The summed E-state index contributed by atoms with van der Waals surface area (Å²) in [6, 6.07) is 0.502. The van der Waals surface area contributed by atoms with Crippen molar-refractivity contribution in [1.82, 2.24) is 19.8 Å². The number of likely N-dealkylation sites (tertiary alicyclic amines) is 1. The summed E-state index contributed by atoms with van der Waals surface area (Å²) in [6.07, 6.45) is 5.75. The van der Waals surface area contributed by atoms with Crippen molar-refractivity contribution in [3.8, 4) is 0 Å². The molecule has 5 heteroatoms. The van der Waals surface area contributed by atoms with Crippen molar-refractivity contribution in [2.45, 2.75) is 32.7 Å². The number of imidazole rings is 1. The molecular weight excluding hydrogens is 240 g/mol. The highest BCUT2D eigenvalue weighted by Crippen LogP contribution is 2.17. The lowest BCUT2D eigenvalue weighted by Gasteiger charge is -2.33. The number of aryl methyl sites for hydroxylation is 1. The Labute approximate surface area is 115 Å². The van der Waals surface area contributed by atoms with Gasteiger partial charge in [0.05, 0.1) is 6.33 Å². The van der Waals surface area contributed by atoms with Gasteiger partial charge in [0.2, 0.25) is 0 Å². The summed E-state index contributed by atoms with van der Waals surface area (Å²) in [6.45, 7) is 6.99. The van der Waals surface area contributed by atoms with E-state index in [-0.39, 0.29) is 5.91 Å². The minimum Gasteiger partial charge on any atom is -0.340 e. The van der Waals surface area contributed by atoms with Gasteiger partial charge in [0, 0.05) is 32.4 Å². The molecule has 2 rings (SSSR count). The van der Waals surface area contributed by atoms with Gasteiger partial charge >= 0.3 is 0 Å². The van der Waals surface area contributed by atoms with Crippen molar-refractivity contribution in [2.24, 2.45) is 13.0 Å². The topological polar surface area (TPSA) is 50.2 Å². The fraction of sp³-hybridized carbons (Fsp3) is 0.714. The molecule has 0 saturated carbocycles. The first kappa shape index (κ1) is 14.1. The summed E-state index contributed by atoms with van der Waals surface area (Å²) in [5.74, 6) is 0.624. The zero-order chi connectivity index (χ0) is 13.8. The van der Waals surface area contributed by atoms with Gasteiger partial charge in [-0.15, -0.1) is 0 Å². The number of amides is 1. The van der Waals surface area contributed by atoms with Gasteiger partial charge in [0.15, 0.2) is 0 Å². The van der Waals surface area contributed by atoms with Gasteiger partial charge in [-0.05, 0) is 25.3 Å². The summed E-state index contributed by atoms with van der Waals surface area (Å²) in [4.78, 5) is 18.4. The minimum atomic E-state index is 0.0647. The lowest BCUT2D eigenvalue weighted by Crippen LogP contribution is -2.43. The predicted octanol–water partition coefficient (Wildman–Crippen LogP) is 1.27. The molecule has 1 amide bonds. The Morgan fingerprint density at radius 3 is 3.00 bits per heavy atom. The predicted molar refractivity (Wildman–Crippen MR) is 75.0 cm³/mol. The van der Waals surface area contributed by atoms with Crippen LogP contribution in [0, 0.1) is 5.92 Å². The smallest absolute Gasteiger partial charge is 0.274 e. The summed E-state index contributed by atoms with van der Waals surface area (Å²) in [5.41, 5.74) is 0.556. The van der Waals surface area contributed by atoms with E-state index in [0.29, 0.717) is 17.7 Å². The number of piperidine rings is 1. The first-order valence-corrected chi connectivity index (χ1v) is 7.07. The minimum absolute atomic E-state index is 0.0647. The molecule has 1 fully saturated rings. The molecule has 1 aromatic rings. The summed E-state index contributed by atoms with van der Waals surface area (Å²) < 4.78 is 1.81. The maximum Gasteiger partial charge on any atom is 0.274 e. The number of hydrogen-bond donors (Lipinski definition) is 1. The first-order chi connectivity index (χ1) is 9.06. The molecule has 0 aliphatic carbocycles. The number of aromatic nitrogens is 2. The maximum atomic E-state index is 12.3. The lowest BCUT2D eigenvalue weighted by molar-refractivity contribution is 0.0666. The zero-order valence-corrected chi connectivity index (χ0v) is 12.1. The van der Waals surface area contributed by atoms with E-state index >= 15 is 0 Å². The second-order valence-electron chi connectivity index (χ2n) is 5.75. The Morgan fingerprint density at radius 1 is 1.58 bits per heavy atom. The molecule has 0 aromatic carbocycles. The third-order valence-electron chi connectivity index (χ3n) is 3.54. The molecule has 1 saturated heterocycles. The molecule has 5 nitrogen and oxygen atoms in total. The fourth-order valence-corrected chi connectivity index (χ4v) is 2.50. The van der Waals surface area contributed by atoms with Crippen molar-refractivity contribution in [2.75, 3.05) is 19.6 Å². The molecule has 1 N–H and O–H groups in total. The van der Waals surface area contributed by atoms with Crippen LogP contribution >= 0.6 is 0 Å². The quantitative estimate of drug-likeness (QED) is 0.891. The van der Waals surface area contributed by atoms with Gasteiger partial charge in [-0.1, -0.05) is 13.8 Å². The highest BCUT2D eigenvalue weighted by Gasteiger charge is 2.25. The standard InChI is InChI=1S/C14H24N4O/c1-11(2)15-7-12-5-4-6-18(8-12)14(19)13-9-17(3)10-16-13/h9-12,15H,4-8H2,1-3H3. The highest BCUT2D eigenvalue weighted by molar-refractivity contribution is 5.92. The van der Waals surface area contributed by atoms with E-state index in [1.807, 2.05) is 16.5 Å². The molecule has 1 unspecified atom stereocenters. The molecule has 0 bridgehead atoms. The third kappa shape index (κ3) is 3.80. The Hall–Kier alpha value is -1.36. The summed E-state index contributed by atoms with van der Waals surface area (Å²) >= 11 is 0. The third-order valence-corrected chi connectivity index (χ3v) is 3.54. The van der Waals surface area contributed by atoms with Crippen molar-refractivity contribution in [3.63, 3.8) is 0 Å². The number of nitrogens with one attached hydrogen (secondary N) is 1. The number of hydrogen-bond acceptors (Lipinski definition) is 3. The van der Waals surface area contributed by atoms with Gasteiger partial charge < -0.3 is 14.8 Å². The van der Waals surface area contributed by atoms with E-state index in [1.54, 1.807) is 12.5 Å². The summed E-state index contributed by atoms with van der Waals surface area (Å²) in [7, 11) is 1.88. The van der Waals surface area contributed by atoms with E-state index in [1.165, 1.54) is 6.42 Å². The molecule has 19 heavy (non-hydrogen) atoms. The SMILES string of the molecule is CC(C)NCC1CCCN(C(=O)c2cn(C)cn2)C1. The van der Waals surface area contributed by atoms with Crippen molar-refractivity contribution < 1.29 is 4.79 Å². The largest absolute Gasteiger partial charge is 0.340 e. The lowest BCUT2D eigenvalue weighted by atomic mass is 9.97. The Balaban J connectivity index is 1.91. The van der Waals surface area contributed by atoms with Crippen molar-refractivity contribution in [1.29, 1.82) is 0 Å². The number of nitrogens with zero attached hydrogens (tertiary/aromatic N) is 3. The van der Waals surface area contributed by atoms with Crippen LogP contribution in [0.3, 0.4) is 0 Å². The molecule has 1 aromatic heterocycles. The molecular formula is C14H24N4O. The molecule has 1 aliphatic rings. The van der Waals surface area contributed by atoms with Gasteiger partial charge in [0.1, 0.15) is 5.69 Å². The molecule has 2 heterocycles. The zero-order valence-electron chi connectivity index (χ0n) is 12.1. The highest BCUT2D eigenvalue weighted by atomic mass is 16.2. The fourth-order valence-electron chi connectivity index (χ4n) is 2.50. The van der Waals surface area contributed by atoms with Crippen LogP contribution in [0.2, 0.25) is 0 Å². The molecule has 1 atom stereocenters. The van der Waals surface area contributed by atoms with Crippen LogP contribution in [0.1, 0.15) is 37.2 Å². The average Bonchev–Trinajstić information content (AvgIpc) is 2.82. The van der Waals surface area contributed by atoms with Gasteiger partial charge in [-0.2, -0.15) is 0 Å². The number of carbonyl (C=O) groups excluding carboxylic acids is 1. The van der Waals surface area contributed by atoms with Crippen LogP contribution < -0.4 is 5.32 Å². The monoisotopic (exact) mass is 264 g/mol. The van der Waals surface area contributed by atoms with Crippen LogP contribution in [0.15, 0.2) is 12.5 Å². The van der Waals surface area contributed by atoms with Gasteiger partial charge in [0.25, 0.3) is 5.91 Å². The molecule has 0 spiro atoms. The van der Waals surface area contributed by atoms with E-state index in [9.17, 15) is 4.79 Å². The van der Waals surface area contributed by atoms with Gasteiger partial charge in [-0.3, -0.25) is 4.79 Å². The maximum absolute atomic E-state index is 12.3. The van der Waals surface area contributed by atoms with Gasteiger partial charge in [-0.25, -0.2) is 4.98 Å². The van der Waals surface area contributed by atoms with E-state index in [0.717, 1.165) is 26.1 Å². The molecule has 1 aliphatic heterocycles. The van der Waals surface area contributed by atoms with E-state index < -0.39 is 0 Å². The van der Waals surface area contributed by atoms with Crippen LogP contribution in [0.5, 0.6) is 0 Å². The van der Waals surface area contributed by atoms with Crippen molar-refractivity contribution >= 4 is 5.91 Å². The van der Waals surface area contributed by atoms with E-state index in [2.05, 4.69) is 24.1 Å². The molecule has 106 valence electrons.